The summed E-state index contributed by atoms with van der Waals surface area (Å²) < 4.78 is 2.00. The van der Waals surface area contributed by atoms with Gasteiger partial charge >= 0.3 is 0 Å². The molecular weight excluding hydrogens is 326 g/mol. The monoisotopic (exact) mass is 345 g/mol. The number of rotatable bonds is 3. The van der Waals surface area contributed by atoms with Crippen LogP contribution in [0.3, 0.4) is 0 Å². The van der Waals surface area contributed by atoms with E-state index in [1.54, 1.807) is 4.90 Å². The average Bonchev–Trinajstić information content (AvgIpc) is 3.21. The van der Waals surface area contributed by atoms with Gasteiger partial charge in [0.1, 0.15) is 12.4 Å². The number of pyridine rings is 1. The lowest BCUT2D eigenvalue weighted by atomic mass is 9.97. The summed E-state index contributed by atoms with van der Waals surface area (Å²) in [6, 6.07) is 5.83. The third-order valence-electron chi connectivity index (χ3n) is 4.65. The molecule has 0 saturated carbocycles. The number of likely N-dealkylation sites (tertiary alicyclic amines) is 1. The highest BCUT2D eigenvalue weighted by atomic mass is 32.2. The summed E-state index contributed by atoms with van der Waals surface area (Å²) in [7, 11) is 0. The van der Waals surface area contributed by atoms with Gasteiger partial charge in [-0.3, -0.25) is 14.0 Å². The first-order chi connectivity index (χ1) is 11.7. The topological polar surface area (TPSA) is 70.8 Å². The smallest absolute Gasteiger partial charge is 0.282 e. The minimum Gasteiger partial charge on any atom is -0.340 e. The van der Waals surface area contributed by atoms with Gasteiger partial charge in [0.2, 0.25) is 5.91 Å². The normalized spacial score (nSPS) is 21.7. The molecule has 1 atom stereocenters. The van der Waals surface area contributed by atoms with E-state index in [-0.39, 0.29) is 23.6 Å². The molecule has 0 aromatic carbocycles. The Morgan fingerprint density at radius 2 is 2.21 bits per heavy atom. The summed E-state index contributed by atoms with van der Waals surface area (Å²) in [5.41, 5.74) is 0.829. The van der Waals surface area contributed by atoms with E-state index >= 15 is 0 Å². The van der Waals surface area contributed by atoms with Crippen molar-refractivity contribution >= 4 is 28.6 Å². The maximum Gasteiger partial charge on any atom is 0.282 e. The van der Waals surface area contributed by atoms with Crippen molar-refractivity contribution in [3.05, 3.63) is 30.2 Å². The fraction of sp³-hybridized carbons (Fsp3) is 0.500. The minimum atomic E-state index is 0.0142. The number of nitrogens with zero attached hydrogens (tertiary/aromatic N) is 5. The predicted octanol–water partition coefficient (Wildman–Crippen LogP) is 1.60. The Bertz CT molecular complexity index is 777. The van der Waals surface area contributed by atoms with Crippen molar-refractivity contribution in [3.63, 3.8) is 0 Å². The number of aromatic nitrogens is 3. The van der Waals surface area contributed by atoms with E-state index in [1.807, 2.05) is 33.7 Å². The molecule has 2 saturated heterocycles. The second-order valence-corrected chi connectivity index (χ2v) is 7.25. The first-order valence-corrected chi connectivity index (χ1v) is 9.20. The Morgan fingerprint density at radius 1 is 1.29 bits per heavy atom. The molecule has 2 aliphatic heterocycles. The number of hydrogen-bond donors (Lipinski definition) is 0. The summed E-state index contributed by atoms with van der Waals surface area (Å²) in [6.45, 7) is 2.26. The van der Waals surface area contributed by atoms with E-state index in [9.17, 15) is 9.59 Å². The Kier molecular flexibility index (Phi) is 4.13. The Balaban J connectivity index is 1.47. The van der Waals surface area contributed by atoms with Crippen LogP contribution in [0, 0.1) is 0 Å². The maximum absolute atomic E-state index is 12.6. The van der Waals surface area contributed by atoms with Crippen molar-refractivity contribution in [2.75, 3.05) is 31.9 Å². The van der Waals surface area contributed by atoms with Gasteiger partial charge in [-0.05, 0) is 25.0 Å². The second kappa shape index (κ2) is 6.43. The van der Waals surface area contributed by atoms with Crippen molar-refractivity contribution in [2.24, 2.45) is 0 Å². The van der Waals surface area contributed by atoms with Crippen molar-refractivity contribution in [2.45, 2.75) is 18.8 Å². The summed E-state index contributed by atoms with van der Waals surface area (Å²) in [6.07, 6.45) is 3.91. The van der Waals surface area contributed by atoms with E-state index in [0.29, 0.717) is 13.1 Å². The molecule has 0 spiro atoms. The number of piperidine rings is 1. The summed E-state index contributed by atoms with van der Waals surface area (Å²) in [5.74, 6) is 1.91. The molecule has 126 valence electrons. The third-order valence-corrected chi connectivity index (χ3v) is 5.54. The largest absolute Gasteiger partial charge is 0.340 e. The van der Waals surface area contributed by atoms with Crippen molar-refractivity contribution in [1.29, 1.82) is 0 Å². The van der Waals surface area contributed by atoms with Gasteiger partial charge in [0.05, 0.1) is 0 Å². The number of fused-ring (bicyclic) bond motifs is 1. The Morgan fingerprint density at radius 3 is 3.04 bits per heavy atom. The number of amides is 2. The number of hydrogen-bond acceptors (Lipinski definition) is 5. The highest BCUT2D eigenvalue weighted by Crippen LogP contribution is 2.26. The number of thioether (sulfide) groups is 1. The third kappa shape index (κ3) is 2.86. The zero-order valence-electron chi connectivity index (χ0n) is 13.3. The van der Waals surface area contributed by atoms with Crippen LogP contribution in [0.4, 0.5) is 4.79 Å². The van der Waals surface area contributed by atoms with Crippen LogP contribution >= 0.6 is 11.8 Å². The second-order valence-electron chi connectivity index (χ2n) is 6.20. The molecule has 0 radical (unpaired) electrons. The van der Waals surface area contributed by atoms with Gasteiger partial charge < -0.3 is 9.80 Å². The van der Waals surface area contributed by atoms with Crippen LogP contribution in [0.5, 0.6) is 0 Å². The Hall–Kier alpha value is -2.09. The van der Waals surface area contributed by atoms with E-state index in [4.69, 9.17) is 0 Å². The minimum absolute atomic E-state index is 0.0142. The zero-order valence-corrected chi connectivity index (χ0v) is 14.1. The molecule has 4 heterocycles. The average molecular weight is 345 g/mol. The molecule has 4 rings (SSSR count). The van der Waals surface area contributed by atoms with E-state index in [2.05, 4.69) is 10.2 Å². The highest BCUT2D eigenvalue weighted by molar-refractivity contribution is 8.13. The quantitative estimate of drug-likeness (QED) is 0.845. The maximum atomic E-state index is 12.6. The predicted molar refractivity (Wildman–Crippen MR) is 91.0 cm³/mol. The van der Waals surface area contributed by atoms with Crippen molar-refractivity contribution in [3.8, 4) is 0 Å². The molecule has 2 fully saturated rings. The lowest BCUT2D eigenvalue weighted by Gasteiger charge is -2.33. The van der Waals surface area contributed by atoms with Crippen LogP contribution in [0.15, 0.2) is 24.4 Å². The van der Waals surface area contributed by atoms with Crippen LogP contribution < -0.4 is 0 Å². The number of carbonyl (C=O) groups excluding carboxylic acids is 2. The summed E-state index contributed by atoms with van der Waals surface area (Å²) in [5, 5.41) is 8.56. The lowest BCUT2D eigenvalue weighted by Crippen LogP contribution is -2.45. The van der Waals surface area contributed by atoms with E-state index < -0.39 is 0 Å². The first kappa shape index (κ1) is 15.4. The molecule has 2 amide bonds. The van der Waals surface area contributed by atoms with Gasteiger partial charge in [-0.15, -0.1) is 10.2 Å². The molecule has 8 heteroatoms. The molecule has 2 aromatic heterocycles. The van der Waals surface area contributed by atoms with Gasteiger partial charge in [0.25, 0.3) is 5.24 Å². The molecule has 2 aliphatic rings. The van der Waals surface area contributed by atoms with Crippen LogP contribution in [-0.2, 0) is 4.79 Å². The highest BCUT2D eigenvalue weighted by Gasteiger charge is 2.30. The van der Waals surface area contributed by atoms with Crippen LogP contribution in [0.1, 0.15) is 24.6 Å². The fourth-order valence-corrected chi connectivity index (χ4v) is 4.21. The van der Waals surface area contributed by atoms with Crippen LogP contribution in [0.25, 0.3) is 5.65 Å². The number of carbonyl (C=O) groups is 2. The van der Waals surface area contributed by atoms with Gasteiger partial charge in [-0.2, -0.15) is 0 Å². The van der Waals surface area contributed by atoms with Crippen molar-refractivity contribution < 1.29 is 9.59 Å². The van der Waals surface area contributed by atoms with Gasteiger partial charge in [0.15, 0.2) is 5.65 Å². The molecule has 2 aromatic rings. The van der Waals surface area contributed by atoms with Gasteiger partial charge in [0, 0.05) is 37.5 Å². The molecule has 0 N–H and O–H groups in total. The summed E-state index contributed by atoms with van der Waals surface area (Å²) in [4.78, 5) is 27.8. The van der Waals surface area contributed by atoms with Crippen molar-refractivity contribution in [1.82, 2.24) is 24.4 Å². The molecule has 0 unspecified atom stereocenters. The van der Waals surface area contributed by atoms with Crippen LogP contribution in [0.2, 0.25) is 0 Å². The zero-order chi connectivity index (χ0) is 16.5. The first-order valence-electron chi connectivity index (χ1n) is 8.21. The SMILES string of the molecule is O=C(CN1CCSC1=O)N1CCC[C@@H](c2nnc3ccccn23)C1. The fourth-order valence-electron chi connectivity index (χ4n) is 3.39. The van der Waals surface area contributed by atoms with E-state index in [1.165, 1.54) is 11.8 Å². The standard InChI is InChI=1S/C16H19N5O2S/c22-14(11-20-8-9-24-16(20)23)19-6-3-4-12(10-19)15-18-17-13-5-1-2-7-21(13)15/h1-2,5,7,12H,3-4,6,8-11H2/t12-/m1/s1. The van der Waals surface area contributed by atoms with Gasteiger partial charge in [-0.25, -0.2) is 0 Å². The molecule has 7 nitrogen and oxygen atoms in total. The molecule has 0 aliphatic carbocycles. The molecular formula is C16H19N5O2S. The molecule has 0 bridgehead atoms. The van der Waals surface area contributed by atoms with Crippen LogP contribution in [-0.4, -0.2) is 67.5 Å². The van der Waals surface area contributed by atoms with E-state index in [0.717, 1.165) is 36.6 Å². The molecule has 24 heavy (non-hydrogen) atoms. The Labute approximate surface area is 144 Å². The lowest BCUT2D eigenvalue weighted by molar-refractivity contribution is -0.132. The summed E-state index contributed by atoms with van der Waals surface area (Å²) >= 11 is 1.29. The van der Waals surface area contributed by atoms with Gasteiger partial charge in [-0.1, -0.05) is 17.8 Å².